The minimum atomic E-state index is -0.313. The number of rotatable bonds is 4. The third-order valence-corrected chi connectivity index (χ3v) is 4.83. The molecule has 1 unspecified atom stereocenters. The van der Waals surface area contributed by atoms with Gasteiger partial charge in [-0.25, -0.2) is 0 Å². The molecule has 6 nitrogen and oxygen atoms in total. The van der Waals surface area contributed by atoms with Gasteiger partial charge in [-0.3, -0.25) is 19.3 Å². The Morgan fingerprint density at radius 3 is 2.35 bits per heavy atom. The summed E-state index contributed by atoms with van der Waals surface area (Å²) in [5.41, 5.74) is 6.57. The zero-order valence-electron chi connectivity index (χ0n) is 13.2. The molecule has 2 N–H and O–H groups in total. The molecule has 23 heavy (non-hydrogen) atoms. The van der Waals surface area contributed by atoms with Crippen LogP contribution in [-0.2, 0) is 4.79 Å². The molecular formula is C17H21N3O3. The Hall–Kier alpha value is -2.21. The van der Waals surface area contributed by atoms with Crippen LogP contribution in [-0.4, -0.2) is 53.7 Å². The minimum Gasteiger partial charge on any atom is -0.342 e. The monoisotopic (exact) mass is 315 g/mol. The zero-order valence-corrected chi connectivity index (χ0v) is 13.2. The number of benzene rings is 1. The third-order valence-electron chi connectivity index (χ3n) is 4.83. The standard InChI is InChI=1S/C17H21N3O3/c1-17(10-18)7-9-19(11-17)14(21)6-8-20-15(22)12-4-2-3-5-13(12)16(20)23/h2-5H,6-11,18H2,1H3. The van der Waals surface area contributed by atoms with Gasteiger partial charge in [0.1, 0.15) is 0 Å². The SMILES string of the molecule is CC1(CN)CCN(C(=O)CCN2C(=O)c3ccccc3C2=O)C1. The number of carbonyl (C=O) groups excluding carboxylic acids is 3. The van der Waals surface area contributed by atoms with Crippen LogP contribution in [0.4, 0.5) is 0 Å². The normalized spacial score (nSPS) is 23.6. The predicted molar refractivity (Wildman–Crippen MR) is 84.8 cm³/mol. The van der Waals surface area contributed by atoms with Crippen molar-refractivity contribution in [2.75, 3.05) is 26.2 Å². The maximum Gasteiger partial charge on any atom is 0.261 e. The van der Waals surface area contributed by atoms with Gasteiger partial charge in [0.15, 0.2) is 0 Å². The Bertz CT molecular complexity index is 638. The van der Waals surface area contributed by atoms with E-state index in [4.69, 9.17) is 5.73 Å². The van der Waals surface area contributed by atoms with E-state index in [0.717, 1.165) is 6.42 Å². The molecule has 0 radical (unpaired) electrons. The molecule has 2 aliphatic heterocycles. The lowest BCUT2D eigenvalue weighted by Gasteiger charge is -2.23. The van der Waals surface area contributed by atoms with Gasteiger partial charge in [-0.05, 0) is 30.5 Å². The van der Waals surface area contributed by atoms with Crippen molar-refractivity contribution in [3.63, 3.8) is 0 Å². The maximum absolute atomic E-state index is 12.3. The molecule has 0 saturated carbocycles. The van der Waals surface area contributed by atoms with E-state index in [1.165, 1.54) is 4.90 Å². The average molecular weight is 315 g/mol. The number of likely N-dealkylation sites (tertiary alicyclic amines) is 1. The first-order valence-electron chi connectivity index (χ1n) is 7.88. The number of imide groups is 1. The van der Waals surface area contributed by atoms with E-state index < -0.39 is 0 Å². The summed E-state index contributed by atoms with van der Waals surface area (Å²) in [4.78, 5) is 39.8. The molecule has 6 heteroatoms. The molecule has 1 fully saturated rings. The number of amides is 3. The van der Waals surface area contributed by atoms with Crippen LogP contribution in [0.2, 0.25) is 0 Å². The van der Waals surface area contributed by atoms with Gasteiger partial charge in [-0.15, -0.1) is 0 Å². The highest BCUT2D eigenvalue weighted by Gasteiger charge is 2.37. The minimum absolute atomic E-state index is 0.0226. The summed E-state index contributed by atoms with van der Waals surface area (Å²) in [5, 5.41) is 0. The lowest BCUT2D eigenvalue weighted by Crippen LogP contribution is -2.37. The molecule has 1 aromatic carbocycles. The number of fused-ring (bicyclic) bond motifs is 1. The van der Waals surface area contributed by atoms with Crippen LogP contribution < -0.4 is 5.73 Å². The summed E-state index contributed by atoms with van der Waals surface area (Å²) in [6.45, 7) is 4.08. The fraction of sp³-hybridized carbons (Fsp3) is 0.471. The van der Waals surface area contributed by atoms with Crippen molar-refractivity contribution in [2.24, 2.45) is 11.1 Å². The Labute approximate surface area is 135 Å². The predicted octanol–water partition coefficient (Wildman–Crippen LogP) is 0.870. The van der Waals surface area contributed by atoms with Crippen LogP contribution in [0.3, 0.4) is 0 Å². The van der Waals surface area contributed by atoms with Gasteiger partial charge in [0.05, 0.1) is 11.1 Å². The highest BCUT2D eigenvalue weighted by molar-refractivity contribution is 6.21. The number of hydrogen-bond donors (Lipinski definition) is 1. The Balaban J connectivity index is 1.61. The first-order chi connectivity index (χ1) is 10.9. The third kappa shape index (κ3) is 2.74. The Morgan fingerprint density at radius 1 is 1.22 bits per heavy atom. The Morgan fingerprint density at radius 2 is 1.83 bits per heavy atom. The summed E-state index contributed by atoms with van der Waals surface area (Å²) in [5.74, 6) is -0.656. The molecule has 0 bridgehead atoms. The molecule has 0 spiro atoms. The second kappa shape index (κ2) is 5.77. The number of hydrogen-bond acceptors (Lipinski definition) is 4. The second-order valence-corrected chi connectivity index (χ2v) is 6.64. The van der Waals surface area contributed by atoms with Crippen molar-refractivity contribution >= 4 is 17.7 Å². The first kappa shape index (κ1) is 15.7. The summed E-state index contributed by atoms with van der Waals surface area (Å²) < 4.78 is 0. The van der Waals surface area contributed by atoms with Crippen LogP contribution in [0.25, 0.3) is 0 Å². The summed E-state index contributed by atoms with van der Waals surface area (Å²) in [7, 11) is 0. The molecule has 122 valence electrons. The van der Waals surface area contributed by atoms with Crippen molar-refractivity contribution in [3.05, 3.63) is 35.4 Å². The molecular weight excluding hydrogens is 294 g/mol. The van der Waals surface area contributed by atoms with Crippen molar-refractivity contribution in [3.8, 4) is 0 Å². The number of nitrogens with zero attached hydrogens (tertiary/aromatic N) is 2. The van der Waals surface area contributed by atoms with Gasteiger partial charge < -0.3 is 10.6 Å². The van der Waals surface area contributed by atoms with E-state index in [-0.39, 0.29) is 36.1 Å². The largest absolute Gasteiger partial charge is 0.342 e. The number of nitrogens with two attached hydrogens (primary N) is 1. The van der Waals surface area contributed by atoms with E-state index in [9.17, 15) is 14.4 Å². The molecule has 2 aliphatic rings. The van der Waals surface area contributed by atoms with Crippen molar-refractivity contribution < 1.29 is 14.4 Å². The van der Waals surface area contributed by atoms with Gasteiger partial charge in [-0.1, -0.05) is 19.1 Å². The van der Waals surface area contributed by atoms with Gasteiger partial charge in [0.2, 0.25) is 5.91 Å². The zero-order chi connectivity index (χ0) is 16.6. The first-order valence-corrected chi connectivity index (χ1v) is 7.88. The molecule has 3 amide bonds. The number of carbonyl (C=O) groups is 3. The van der Waals surface area contributed by atoms with Crippen molar-refractivity contribution in [2.45, 2.75) is 19.8 Å². The van der Waals surface area contributed by atoms with Crippen LogP contribution in [0.5, 0.6) is 0 Å². The Kier molecular flexibility index (Phi) is 3.93. The highest BCUT2D eigenvalue weighted by Crippen LogP contribution is 2.29. The van der Waals surface area contributed by atoms with E-state index in [0.29, 0.717) is 30.8 Å². The average Bonchev–Trinajstić information content (AvgIpc) is 3.07. The van der Waals surface area contributed by atoms with Crippen LogP contribution in [0, 0.1) is 5.41 Å². The van der Waals surface area contributed by atoms with E-state index in [1.807, 2.05) is 0 Å². The summed E-state index contributed by atoms with van der Waals surface area (Å²) >= 11 is 0. The summed E-state index contributed by atoms with van der Waals surface area (Å²) in [6, 6.07) is 6.75. The smallest absolute Gasteiger partial charge is 0.261 e. The molecule has 2 heterocycles. The van der Waals surface area contributed by atoms with Gasteiger partial charge in [0.25, 0.3) is 11.8 Å². The van der Waals surface area contributed by atoms with E-state index in [2.05, 4.69) is 6.92 Å². The molecule has 0 aliphatic carbocycles. The molecule has 3 rings (SSSR count). The maximum atomic E-state index is 12.3. The molecule has 1 aromatic rings. The lowest BCUT2D eigenvalue weighted by atomic mass is 9.90. The molecule has 1 saturated heterocycles. The van der Waals surface area contributed by atoms with E-state index >= 15 is 0 Å². The van der Waals surface area contributed by atoms with E-state index in [1.54, 1.807) is 29.2 Å². The van der Waals surface area contributed by atoms with Crippen LogP contribution in [0.1, 0.15) is 40.5 Å². The fourth-order valence-electron chi connectivity index (χ4n) is 3.21. The van der Waals surface area contributed by atoms with Crippen molar-refractivity contribution in [1.82, 2.24) is 9.80 Å². The lowest BCUT2D eigenvalue weighted by molar-refractivity contribution is -0.130. The topological polar surface area (TPSA) is 83.7 Å². The quantitative estimate of drug-likeness (QED) is 0.836. The molecule has 1 atom stereocenters. The fourth-order valence-corrected chi connectivity index (χ4v) is 3.21. The van der Waals surface area contributed by atoms with Gasteiger partial charge in [0, 0.05) is 26.1 Å². The van der Waals surface area contributed by atoms with Gasteiger partial charge in [-0.2, -0.15) is 0 Å². The summed E-state index contributed by atoms with van der Waals surface area (Å²) in [6.07, 6.45) is 1.05. The van der Waals surface area contributed by atoms with Crippen LogP contribution >= 0.6 is 0 Å². The van der Waals surface area contributed by atoms with Crippen molar-refractivity contribution in [1.29, 1.82) is 0 Å². The molecule has 0 aromatic heterocycles. The second-order valence-electron chi connectivity index (χ2n) is 6.64. The highest BCUT2D eigenvalue weighted by atomic mass is 16.2. The van der Waals surface area contributed by atoms with Crippen LogP contribution in [0.15, 0.2) is 24.3 Å². The van der Waals surface area contributed by atoms with Gasteiger partial charge >= 0.3 is 0 Å².